The smallest absolute Gasteiger partial charge is 0.121 e. The quantitative estimate of drug-likeness (QED) is 0.508. The van der Waals surface area contributed by atoms with Gasteiger partial charge in [-0.05, 0) is 26.4 Å². The SMILES string of the molecule is CN1CCCC1CC=O. The minimum absolute atomic E-state index is 0.544. The maximum atomic E-state index is 10.1. The summed E-state index contributed by atoms with van der Waals surface area (Å²) in [6.07, 6.45) is 4.20. The first kappa shape index (κ1) is 6.75. The summed E-state index contributed by atoms with van der Waals surface area (Å²) in [5, 5.41) is 0. The average Bonchev–Trinajstić information content (AvgIpc) is 2.18. The van der Waals surface area contributed by atoms with Gasteiger partial charge >= 0.3 is 0 Å². The van der Waals surface area contributed by atoms with E-state index < -0.39 is 0 Å². The van der Waals surface area contributed by atoms with Gasteiger partial charge in [-0.1, -0.05) is 0 Å². The van der Waals surface area contributed by atoms with Gasteiger partial charge in [-0.15, -0.1) is 0 Å². The third-order valence-electron chi connectivity index (χ3n) is 2.04. The zero-order valence-electron chi connectivity index (χ0n) is 5.84. The molecule has 0 amide bonds. The summed E-state index contributed by atoms with van der Waals surface area (Å²) in [6.45, 7) is 1.17. The molecule has 1 fully saturated rings. The van der Waals surface area contributed by atoms with E-state index in [0.717, 1.165) is 12.7 Å². The Labute approximate surface area is 55.8 Å². The zero-order chi connectivity index (χ0) is 6.69. The van der Waals surface area contributed by atoms with Crippen molar-refractivity contribution < 1.29 is 4.79 Å². The fourth-order valence-electron chi connectivity index (χ4n) is 1.39. The molecule has 0 aromatic carbocycles. The first-order chi connectivity index (χ1) is 4.34. The van der Waals surface area contributed by atoms with E-state index >= 15 is 0 Å². The first-order valence-electron chi connectivity index (χ1n) is 3.48. The van der Waals surface area contributed by atoms with Crippen LogP contribution in [0.3, 0.4) is 0 Å². The molecule has 52 valence electrons. The Morgan fingerprint density at radius 1 is 1.78 bits per heavy atom. The molecule has 0 spiro atoms. The highest BCUT2D eigenvalue weighted by atomic mass is 16.1. The zero-order valence-corrected chi connectivity index (χ0v) is 5.84. The van der Waals surface area contributed by atoms with E-state index in [-0.39, 0.29) is 0 Å². The van der Waals surface area contributed by atoms with E-state index in [1.807, 2.05) is 0 Å². The van der Waals surface area contributed by atoms with Crippen molar-refractivity contribution in [2.24, 2.45) is 0 Å². The van der Waals surface area contributed by atoms with Crippen LogP contribution in [0.4, 0.5) is 0 Å². The van der Waals surface area contributed by atoms with Crippen molar-refractivity contribution in [3.63, 3.8) is 0 Å². The summed E-state index contributed by atoms with van der Waals surface area (Å²) in [5.41, 5.74) is 0. The van der Waals surface area contributed by atoms with E-state index in [2.05, 4.69) is 11.9 Å². The number of carbonyl (C=O) groups excluding carboxylic acids is 1. The van der Waals surface area contributed by atoms with Gasteiger partial charge in [-0.3, -0.25) is 0 Å². The van der Waals surface area contributed by atoms with Gasteiger partial charge in [0.25, 0.3) is 0 Å². The fourth-order valence-corrected chi connectivity index (χ4v) is 1.39. The standard InChI is InChI=1S/C7H13NO/c1-8-5-2-3-7(8)4-6-9/h6-7H,2-5H2,1H3. The predicted molar refractivity (Wildman–Crippen MR) is 36.3 cm³/mol. The summed E-state index contributed by atoms with van der Waals surface area (Å²) in [4.78, 5) is 12.3. The maximum absolute atomic E-state index is 10.1. The van der Waals surface area contributed by atoms with Crippen molar-refractivity contribution >= 4 is 6.29 Å². The molecular formula is C7H13NO. The summed E-state index contributed by atoms with van der Waals surface area (Å²) in [5.74, 6) is 0. The summed E-state index contributed by atoms with van der Waals surface area (Å²) in [7, 11) is 2.08. The molecule has 1 aliphatic rings. The molecule has 2 nitrogen and oxygen atoms in total. The molecule has 1 atom stereocenters. The van der Waals surface area contributed by atoms with Crippen LogP contribution in [0.25, 0.3) is 0 Å². The van der Waals surface area contributed by atoms with Crippen molar-refractivity contribution in [2.75, 3.05) is 13.6 Å². The number of hydrogen-bond donors (Lipinski definition) is 0. The van der Waals surface area contributed by atoms with Crippen LogP contribution < -0.4 is 0 Å². The number of carbonyl (C=O) groups is 1. The van der Waals surface area contributed by atoms with Crippen LogP contribution >= 0.6 is 0 Å². The lowest BCUT2D eigenvalue weighted by Gasteiger charge is -2.15. The molecule has 2 heteroatoms. The van der Waals surface area contributed by atoms with Crippen LogP contribution in [-0.4, -0.2) is 30.8 Å². The van der Waals surface area contributed by atoms with Crippen molar-refractivity contribution in [1.82, 2.24) is 4.90 Å². The molecule has 0 bridgehead atoms. The van der Waals surface area contributed by atoms with Crippen LogP contribution in [0.2, 0.25) is 0 Å². The molecular weight excluding hydrogens is 114 g/mol. The fraction of sp³-hybridized carbons (Fsp3) is 0.857. The van der Waals surface area contributed by atoms with Gasteiger partial charge in [0.1, 0.15) is 6.29 Å². The summed E-state index contributed by atoms with van der Waals surface area (Å²) < 4.78 is 0. The highest BCUT2D eigenvalue weighted by molar-refractivity contribution is 5.50. The minimum Gasteiger partial charge on any atom is -0.303 e. The Kier molecular flexibility index (Phi) is 2.22. The van der Waals surface area contributed by atoms with E-state index in [0.29, 0.717) is 6.04 Å². The molecule has 0 N–H and O–H groups in total. The van der Waals surface area contributed by atoms with E-state index in [1.165, 1.54) is 19.4 Å². The third-order valence-corrected chi connectivity index (χ3v) is 2.04. The molecule has 0 aliphatic carbocycles. The van der Waals surface area contributed by atoms with Crippen LogP contribution in [0, 0.1) is 0 Å². The lowest BCUT2D eigenvalue weighted by molar-refractivity contribution is -0.108. The van der Waals surface area contributed by atoms with E-state index in [4.69, 9.17) is 0 Å². The topological polar surface area (TPSA) is 20.3 Å². The summed E-state index contributed by atoms with van der Waals surface area (Å²) >= 11 is 0. The number of likely N-dealkylation sites (tertiary alicyclic amines) is 1. The second-order valence-corrected chi connectivity index (χ2v) is 2.68. The molecule has 0 aromatic heterocycles. The molecule has 0 aromatic rings. The van der Waals surface area contributed by atoms with E-state index in [1.54, 1.807) is 0 Å². The molecule has 9 heavy (non-hydrogen) atoms. The van der Waals surface area contributed by atoms with Gasteiger partial charge in [0.05, 0.1) is 0 Å². The van der Waals surface area contributed by atoms with Crippen molar-refractivity contribution in [1.29, 1.82) is 0 Å². The number of hydrogen-bond acceptors (Lipinski definition) is 2. The van der Waals surface area contributed by atoms with E-state index in [9.17, 15) is 4.79 Å². The van der Waals surface area contributed by atoms with Crippen LogP contribution in [0.15, 0.2) is 0 Å². The molecule has 1 rings (SSSR count). The number of nitrogens with zero attached hydrogens (tertiary/aromatic N) is 1. The number of aldehydes is 1. The van der Waals surface area contributed by atoms with Crippen molar-refractivity contribution in [3.8, 4) is 0 Å². The molecule has 0 saturated carbocycles. The van der Waals surface area contributed by atoms with Crippen LogP contribution in [0.1, 0.15) is 19.3 Å². The second kappa shape index (κ2) is 2.97. The van der Waals surface area contributed by atoms with Gasteiger partial charge in [-0.25, -0.2) is 0 Å². The predicted octanol–water partition coefficient (Wildman–Crippen LogP) is 0.670. The van der Waals surface area contributed by atoms with Gasteiger partial charge < -0.3 is 9.69 Å². The Morgan fingerprint density at radius 2 is 2.56 bits per heavy atom. The lowest BCUT2D eigenvalue weighted by Crippen LogP contribution is -2.24. The highest BCUT2D eigenvalue weighted by Gasteiger charge is 2.19. The molecule has 0 radical (unpaired) electrons. The Balaban J connectivity index is 2.30. The Bertz CT molecular complexity index is 103. The summed E-state index contributed by atoms with van der Waals surface area (Å²) in [6, 6.07) is 0.544. The Hall–Kier alpha value is -0.370. The van der Waals surface area contributed by atoms with Gasteiger partial charge in [0, 0.05) is 12.5 Å². The van der Waals surface area contributed by atoms with Gasteiger partial charge in [0.15, 0.2) is 0 Å². The molecule has 1 heterocycles. The molecule has 1 saturated heterocycles. The van der Waals surface area contributed by atoms with Crippen molar-refractivity contribution in [3.05, 3.63) is 0 Å². The second-order valence-electron chi connectivity index (χ2n) is 2.68. The third kappa shape index (κ3) is 1.52. The maximum Gasteiger partial charge on any atom is 0.121 e. The molecule has 1 aliphatic heterocycles. The van der Waals surface area contributed by atoms with Gasteiger partial charge in [-0.2, -0.15) is 0 Å². The molecule has 1 unspecified atom stereocenters. The minimum atomic E-state index is 0.544. The van der Waals surface area contributed by atoms with Crippen LogP contribution in [0.5, 0.6) is 0 Å². The average molecular weight is 127 g/mol. The lowest BCUT2D eigenvalue weighted by atomic mass is 10.2. The monoisotopic (exact) mass is 127 g/mol. The largest absolute Gasteiger partial charge is 0.303 e. The van der Waals surface area contributed by atoms with Gasteiger partial charge in [0.2, 0.25) is 0 Å². The number of rotatable bonds is 2. The Morgan fingerprint density at radius 3 is 3.00 bits per heavy atom. The normalized spacial score (nSPS) is 28.8. The van der Waals surface area contributed by atoms with Crippen LogP contribution in [-0.2, 0) is 4.79 Å². The highest BCUT2D eigenvalue weighted by Crippen LogP contribution is 2.15. The first-order valence-corrected chi connectivity index (χ1v) is 3.48. The van der Waals surface area contributed by atoms with Crippen molar-refractivity contribution in [2.45, 2.75) is 25.3 Å².